The van der Waals surface area contributed by atoms with Gasteiger partial charge >= 0.3 is 5.97 Å². The zero-order chi connectivity index (χ0) is 20.7. The first-order valence-electron chi connectivity index (χ1n) is 8.45. The molecule has 0 aliphatic carbocycles. The van der Waals surface area contributed by atoms with Crippen LogP contribution in [0.4, 0.5) is 5.69 Å². The van der Waals surface area contributed by atoms with E-state index in [9.17, 15) is 9.59 Å². The first kappa shape index (κ1) is 21.4. The van der Waals surface area contributed by atoms with Gasteiger partial charge in [-0.1, -0.05) is 29.3 Å². The maximum Gasteiger partial charge on any atom is 0.347 e. The predicted molar refractivity (Wildman–Crippen MR) is 105 cm³/mol. The molecule has 150 valence electrons. The van der Waals surface area contributed by atoms with E-state index in [0.29, 0.717) is 28.0 Å². The van der Waals surface area contributed by atoms with Crippen LogP contribution in [-0.2, 0) is 14.3 Å². The lowest BCUT2D eigenvalue weighted by atomic mass is 10.2. The van der Waals surface area contributed by atoms with Crippen LogP contribution in [0.1, 0.15) is 12.5 Å². The molecule has 1 amide bonds. The van der Waals surface area contributed by atoms with E-state index >= 15 is 0 Å². The van der Waals surface area contributed by atoms with Gasteiger partial charge < -0.3 is 24.3 Å². The number of carbonyl (C=O) groups excluding carboxylic acids is 2. The summed E-state index contributed by atoms with van der Waals surface area (Å²) in [5.74, 6) is 0.102. The van der Waals surface area contributed by atoms with Gasteiger partial charge in [-0.25, -0.2) is 4.79 Å². The van der Waals surface area contributed by atoms with Crippen LogP contribution in [0.15, 0.2) is 36.4 Å². The average Bonchev–Trinajstić information content (AvgIpc) is 2.68. The number of halogens is 1. The topological polar surface area (TPSA) is 83.1 Å². The lowest BCUT2D eigenvalue weighted by Crippen LogP contribution is -2.29. The summed E-state index contributed by atoms with van der Waals surface area (Å²) in [6.45, 7) is 3.02. The molecule has 28 heavy (non-hydrogen) atoms. The number of aryl methyl sites for hydroxylation is 1. The van der Waals surface area contributed by atoms with Crippen LogP contribution >= 0.6 is 11.6 Å². The summed E-state index contributed by atoms with van der Waals surface area (Å²) in [6.07, 6.45) is -0.861. The Bertz CT molecular complexity index is 837. The van der Waals surface area contributed by atoms with Crippen LogP contribution in [0.5, 0.6) is 17.2 Å². The van der Waals surface area contributed by atoms with Crippen LogP contribution in [0.3, 0.4) is 0 Å². The molecular formula is C20H22ClNO6. The van der Waals surface area contributed by atoms with Crippen molar-refractivity contribution in [2.45, 2.75) is 20.0 Å². The van der Waals surface area contributed by atoms with E-state index in [1.165, 1.54) is 20.3 Å². The maximum absolute atomic E-state index is 12.1. The molecule has 2 aromatic carbocycles. The highest BCUT2D eigenvalue weighted by Gasteiger charge is 2.19. The predicted octanol–water partition coefficient (Wildman–Crippen LogP) is 3.61. The zero-order valence-electron chi connectivity index (χ0n) is 16.1. The van der Waals surface area contributed by atoms with Crippen LogP contribution in [0.2, 0.25) is 5.02 Å². The monoisotopic (exact) mass is 407 g/mol. The smallest absolute Gasteiger partial charge is 0.347 e. The molecule has 2 aromatic rings. The largest absolute Gasteiger partial charge is 0.495 e. The molecule has 8 heteroatoms. The number of esters is 1. The third-order valence-corrected chi connectivity index (χ3v) is 4.05. The third kappa shape index (κ3) is 5.79. The van der Waals surface area contributed by atoms with Crippen LogP contribution in [0.25, 0.3) is 0 Å². The van der Waals surface area contributed by atoms with Crippen LogP contribution in [-0.4, -0.2) is 38.8 Å². The second kappa shape index (κ2) is 9.85. The molecule has 0 fully saturated rings. The van der Waals surface area contributed by atoms with Crippen LogP contribution < -0.4 is 19.5 Å². The summed E-state index contributed by atoms with van der Waals surface area (Å²) in [7, 11) is 2.92. The lowest BCUT2D eigenvalue weighted by Gasteiger charge is -2.15. The van der Waals surface area contributed by atoms with Crippen LogP contribution in [0, 0.1) is 6.92 Å². The lowest BCUT2D eigenvalue weighted by molar-refractivity contribution is -0.153. The van der Waals surface area contributed by atoms with Crippen molar-refractivity contribution in [3.05, 3.63) is 47.0 Å². The second-order valence-corrected chi connectivity index (χ2v) is 6.32. The zero-order valence-corrected chi connectivity index (χ0v) is 16.8. The number of hydrogen-bond donors (Lipinski definition) is 1. The van der Waals surface area contributed by atoms with Crippen molar-refractivity contribution in [1.29, 1.82) is 0 Å². The highest BCUT2D eigenvalue weighted by Crippen LogP contribution is 2.35. The summed E-state index contributed by atoms with van der Waals surface area (Å²) < 4.78 is 20.8. The van der Waals surface area contributed by atoms with Gasteiger partial charge in [0.15, 0.2) is 12.7 Å². The van der Waals surface area contributed by atoms with Gasteiger partial charge in [0.1, 0.15) is 17.2 Å². The molecule has 0 spiro atoms. The first-order valence-corrected chi connectivity index (χ1v) is 8.83. The number of anilines is 1. The summed E-state index contributed by atoms with van der Waals surface area (Å²) in [6, 6.07) is 10.3. The van der Waals surface area contributed by atoms with Gasteiger partial charge in [0.2, 0.25) is 0 Å². The Hall–Kier alpha value is -2.93. The molecular weight excluding hydrogens is 386 g/mol. The minimum absolute atomic E-state index is 0.302. The molecule has 2 rings (SSSR count). The minimum atomic E-state index is -0.861. The van der Waals surface area contributed by atoms with Crippen molar-refractivity contribution in [2.75, 3.05) is 26.1 Å². The van der Waals surface area contributed by atoms with Crippen molar-refractivity contribution >= 4 is 29.2 Å². The van der Waals surface area contributed by atoms with Crippen molar-refractivity contribution < 1.29 is 28.5 Å². The minimum Gasteiger partial charge on any atom is -0.495 e. The number of rotatable bonds is 8. The third-order valence-electron chi connectivity index (χ3n) is 3.76. The van der Waals surface area contributed by atoms with Gasteiger partial charge in [-0.2, -0.15) is 0 Å². The van der Waals surface area contributed by atoms with Gasteiger partial charge in [0.25, 0.3) is 5.91 Å². The molecule has 0 aliphatic rings. The van der Waals surface area contributed by atoms with E-state index in [-0.39, 0.29) is 0 Å². The molecule has 0 radical (unpaired) electrons. The number of benzene rings is 2. The Kier molecular flexibility index (Phi) is 7.52. The fourth-order valence-corrected chi connectivity index (χ4v) is 2.51. The summed E-state index contributed by atoms with van der Waals surface area (Å²) in [5, 5.41) is 2.88. The SMILES string of the molecule is COc1cc(OC)c(NC(=O)COC(=O)[C@@H](C)Oc2ccc(C)cc2)cc1Cl. The Morgan fingerprint density at radius 2 is 1.71 bits per heavy atom. The fraction of sp³-hybridized carbons (Fsp3) is 0.300. The van der Waals surface area contributed by atoms with E-state index in [0.717, 1.165) is 5.56 Å². The van der Waals surface area contributed by atoms with Gasteiger partial charge in [0, 0.05) is 6.07 Å². The quantitative estimate of drug-likeness (QED) is 0.673. The second-order valence-electron chi connectivity index (χ2n) is 5.92. The molecule has 1 N–H and O–H groups in total. The van der Waals surface area contributed by atoms with E-state index in [2.05, 4.69) is 5.32 Å². The van der Waals surface area contributed by atoms with Gasteiger partial charge in [-0.3, -0.25) is 4.79 Å². The molecule has 0 unspecified atom stereocenters. The molecule has 0 aliphatic heterocycles. The number of nitrogens with one attached hydrogen (secondary N) is 1. The molecule has 1 atom stereocenters. The summed E-state index contributed by atoms with van der Waals surface area (Å²) in [4.78, 5) is 24.2. The number of carbonyl (C=O) groups is 2. The van der Waals surface area contributed by atoms with Gasteiger partial charge in [-0.15, -0.1) is 0 Å². The normalized spacial score (nSPS) is 11.3. The molecule has 0 saturated heterocycles. The Morgan fingerprint density at radius 3 is 2.32 bits per heavy atom. The maximum atomic E-state index is 12.1. The Morgan fingerprint density at radius 1 is 1.07 bits per heavy atom. The van der Waals surface area contributed by atoms with E-state index in [4.69, 9.17) is 30.5 Å². The van der Waals surface area contributed by atoms with E-state index in [1.807, 2.05) is 19.1 Å². The fourth-order valence-electron chi connectivity index (χ4n) is 2.27. The Labute approximate surface area is 168 Å². The highest BCUT2D eigenvalue weighted by molar-refractivity contribution is 6.32. The molecule has 0 heterocycles. The van der Waals surface area contributed by atoms with E-state index in [1.54, 1.807) is 25.1 Å². The van der Waals surface area contributed by atoms with E-state index < -0.39 is 24.6 Å². The van der Waals surface area contributed by atoms with Gasteiger partial charge in [0.05, 0.1) is 24.9 Å². The molecule has 0 saturated carbocycles. The van der Waals surface area contributed by atoms with Gasteiger partial charge in [-0.05, 0) is 32.0 Å². The van der Waals surface area contributed by atoms with Crippen molar-refractivity contribution in [2.24, 2.45) is 0 Å². The number of amides is 1. The molecule has 0 aromatic heterocycles. The van der Waals surface area contributed by atoms with Crippen molar-refractivity contribution in [3.63, 3.8) is 0 Å². The average molecular weight is 408 g/mol. The molecule has 0 bridgehead atoms. The summed E-state index contributed by atoms with van der Waals surface area (Å²) >= 11 is 6.06. The number of ether oxygens (including phenoxy) is 4. The van der Waals surface area contributed by atoms with Crippen molar-refractivity contribution in [3.8, 4) is 17.2 Å². The Balaban J connectivity index is 1.90. The number of methoxy groups -OCH3 is 2. The van der Waals surface area contributed by atoms with Crippen molar-refractivity contribution in [1.82, 2.24) is 0 Å². The standard InChI is InChI=1S/C20H22ClNO6/c1-12-5-7-14(8-6-12)28-13(2)20(24)27-11-19(23)22-16-9-15(21)17(25-3)10-18(16)26-4/h5-10,13H,11H2,1-4H3,(H,22,23)/t13-/m1/s1. The summed E-state index contributed by atoms with van der Waals surface area (Å²) in [5.41, 5.74) is 1.41. The molecule has 7 nitrogen and oxygen atoms in total. The highest BCUT2D eigenvalue weighted by atomic mass is 35.5. The first-order chi connectivity index (χ1) is 13.3. The number of hydrogen-bond acceptors (Lipinski definition) is 6.